The molecule has 3 aromatic rings. The summed E-state index contributed by atoms with van der Waals surface area (Å²) in [5.74, 6) is 0.748. The number of rotatable bonds is 5. The van der Waals surface area contributed by atoms with E-state index in [9.17, 15) is 5.11 Å². The Morgan fingerprint density at radius 3 is 2.41 bits per heavy atom. The molecule has 0 aliphatic heterocycles. The van der Waals surface area contributed by atoms with Gasteiger partial charge in [0.1, 0.15) is 11.4 Å². The molecule has 0 aliphatic carbocycles. The predicted octanol–water partition coefficient (Wildman–Crippen LogP) is 2.86. The fraction of sp³-hybridized carbons (Fsp3) is 0.111. The first-order chi connectivity index (χ1) is 10.7. The molecule has 0 fully saturated rings. The van der Waals surface area contributed by atoms with Crippen molar-refractivity contribution in [3.63, 3.8) is 0 Å². The van der Waals surface area contributed by atoms with Crippen LogP contribution in [0.25, 0.3) is 6.20 Å². The summed E-state index contributed by atoms with van der Waals surface area (Å²) in [6.45, 7) is 3.77. The van der Waals surface area contributed by atoms with E-state index in [1.165, 1.54) is 0 Å². The molecule has 0 saturated heterocycles. The normalized spacial score (nSPS) is 13.5. The maximum absolute atomic E-state index is 11.4. The molecule has 0 spiro atoms. The largest absolute Gasteiger partial charge is 0.380 e. The molecule has 0 amide bonds. The SMILES string of the molecule is C=Cn1ccnc1CC(O)(c1ccccc1)c1ccncc1. The van der Waals surface area contributed by atoms with Crippen molar-refractivity contribution in [3.8, 4) is 0 Å². The van der Waals surface area contributed by atoms with E-state index in [2.05, 4.69) is 16.5 Å². The van der Waals surface area contributed by atoms with E-state index in [1.54, 1.807) is 24.8 Å². The van der Waals surface area contributed by atoms with E-state index in [1.807, 2.05) is 53.2 Å². The molecule has 4 heteroatoms. The van der Waals surface area contributed by atoms with Crippen LogP contribution in [0, 0.1) is 0 Å². The Balaban J connectivity index is 2.10. The maximum Gasteiger partial charge on any atom is 0.122 e. The molecular formula is C18H17N3O. The van der Waals surface area contributed by atoms with Gasteiger partial charge < -0.3 is 9.67 Å². The zero-order valence-electron chi connectivity index (χ0n) is 12.1. The first-order valence-electron chi connectivity index (χ1n) is 7.07. The van der Waals surface area contributed by atoms with Gasteiger partial charge in [-0.1, -0.05) is 36.9 Å². The van der Waals surface area contributed by atoms with E-state index in [4.69, 9.17) is 0 Å². The van der Waals surface area contributed by atoms with Gasteiger partial charge in [0.25, 0.3) is 0 Å². The molecule has 1 atom stereocenters. The van der Waals surface area contributed by atoms with Gasteiger partial charge in [0.05, 0.1) is 0 Å². The van der Waals surface area contributed by atoms with Crippen LogP contribution in [0.2, 0.25) is 0 Å². The summed E-state index contributed by atoms with van der Waals surface area (Å²) in [6.07, 6.45) is 8.92. The van der Waals surface area contributed by atoms with Crippen LogP contribution < -0.4 is 0 Å². The van der Waals surface area contributed by atoms with Crippen LogP contribution in [-0.2, 0) is 12.0 Å². The molecule has 110 valence electrons. The third-order valence-corrected chi connectivity index (χ3v) is 3.77. The van der Waals surface area contributed by atoms with Gasteiger partial charge in [-0.05, 0) is 23.3 Å². The Hall–Kier alpha value is -2.72. The molecule has 1 unspecified atom stereocenters. The molecule has 0 radical (unpaired) electrons. The van der Waals surface area contributed by atoms with Crippen molar-refractivity contribution in [1.82, 2.24) is 14.5 Å². The highest BCUT2D eigenvalue weighted by Crippen LogP contribution is 2.32. The first kappa shape index (κ1) is 14.2. The lowest BCUT2D eigenvalue weighted by atomic mass is 9.84. The molecule has 1 N–H and O–H groups in total. The lowest BCUT2D eigenvalue weighted by Crippen LogP contribution is -2.31. The number of hydrogen-bond donors (Lipinski definition) is 1. The van der Waals surface area contributed by atoms with Crippen molar-refractivity contribution in [2.45, 2.75) is 12.0 Å². The lowest BCUT2D eigenvalue weighted by Gasteiger charge is -2.29. The Morgan fingerprint density at radius 2 is 1.73 bits per heavy atom. The molecule has 0 bridgehead atoms. The quantitative estimate of drug-likeness (QED) is 0.786. The smallest absolute Gasteiger partial charge is 0.122 e. The average molecular weight is 291 g/mol. The monoisotopic (exact) mass is 291 g/mol. The summed E-state index contributed by atoms with van der Waals surface area (Å²) < 4.78 is 1.81. The van der Waals surface area contributed by atoms with E-state index < -0.39 is 5.60 Å². The van der Waals surface area contributed by atoms with Crippen LogP contribution in [0.15, 0.2) is 73.8 Å². The Kier molecular flexibility index (Phi) is 3.85. The molecule has 4 nitrogen and oxygen atoms in total. The Bertz CT molecular complexity index is 711. The van der Waals surface area contributed by atoms with Gasteiger partial charge in [0.15, 0.2) is 0 Å². The highest BCUT2D eigenvalue weighted by Gasteiger charge is 2.33. The lowest BCUT2D eigenvalue weighted by molar-refractivity contribution is 0.0785. The summed E-state index contributed by atoms with van der Waals surface area (Å²) in [5.41, 5.74) is 0.433. The summed E-state index contributed by atoms with van der Waals surface area (Å²) in [5, 5.41) is 11.4. The van der Waals surface area contributed by atoms with Crippen molar-refractivity contribution in [2.75, 3.05) is 0 Å². The van der Waals surface area contributed by atoms with E-state index in [0.29, 0.717) is 6.42 Å². The summed E-state index contributed by atoms with van der Waals surface area (Å²) in [4.78, 5) is 8.37. The van der Waals surface area contributed by atoms with E-state index in [0.717, 1.165) is 17.0 Å². The minimum absolute atomic E-state index is 0.347. The molecule has 1 aromatic carbocycles. The van der Waals surface area contributed by atoms with Crippen molar-refractivity contribution in [1.29, 1.82) is 0 Å². The standard InChI is InChI=1S/C18H17N3O/c1-2-21-13-12-20-17(21)14-18(22,15-6-4-3-5-7-15)16-8-10-19-11-9-16/h2-13,22H,1,14H2. The molecule has 0 aliphatic rings. The van der Waals surface area contributed by atoms with Crippen LogP contribution >= 0.6 is 0 Å². The number of aliphatic hydroxyl groups is 1. The van der Waals surface area contributed by atoms with Crippen molar-refractivity contribution in [2.24, 2.45) is 0 Å². The third-order valence-electron chi connectivity index (χ3n) is 3.77. The summed E-state index contributed by atoms with van der Waals surface area (Å²) in [7, 11) is 0. The van der Waals surface area contributed by atoms with Crippen LogP contribution in [0.1, 0.15) is 17.0 Å². The molecule has 2 aromatic heterocycles. The second kappa shape index (κ2) is 5.95. The van der Waals surface area contributed by atoms with Crippen LogP contribution in [-0.4, -0.2) is 19.6 Å². The first-order valence-corrected chi connectivity index (χ1v) is 7.07. The van der Waals surface area contributed by atoms with Crippen molar-refractivity contribution >= 4 is 6.20 Å². The molecule has 2 heterocycles. The van der Waals surface area contributed by atoms with Crippen molar-refractivity contribution in [3.05, 3.63) is 90.8 Å². The predicted molar refractivity (Wildman–Crippen MR) is 86.0 cm³/mol. The highest BCUT2D eigenvalue weighted by molar-refractivity contribution is 5.37. The third kappa shape index (κ3) is 2.56. The molecular weight excluding hydrogens is 274 g/mol. The average Bonchev–Trinajstić information content (AvgIpc) is 3.03. The van der Waals surface area contributed by atoms with Crippen LogP contribution in [0.4, 0.5) is 0 Å². The van der Waals surface area contributed by atoms with E-state index >= 15 is 0 Å². The molecule has 3 rings (SSSR count). The molecule has 22 heavy (non-hydrogen) atoms. The molecule has 0 saturated carbocycles. The van der Waals surface area contributed by atoms with Gasteiger partial charge in [-0.2, -0.15) is 0 Å². The zero-order chi connectivity index (χ0) is 15.4. The van der Waals surface area contributed by atoms with Gasteiger partial charge in [-0.3, -0.25) is 4.98 Å². The van der Waals surface area contributed by atoms with Gasteiger partial charge in [0.2, 0.25) is 0 Å². The topological polar surface area (TPSA) is 50.9 Å². The van der Waals surface area contributed by atoms with Gasteiger partial charge in [-0.15, -0.1) is 0 Å². The van der Waals surface area contributed by atoms with Crippen molar-refractivity contribution < 1.29 is 5.11 Å². The maximum atomic E-state index is 11.4. The fourth-order valence-electron chi connectivity index (χ4n) is 2.59. The summed E-state index contributed by atoms with van der Waals surface area (Å²) >= 11 is 0. The summed E-state index contributed by atoms with van der Waals surface area (Å²) in [6, 6.07) is 13.3. The second-order valence-electron chi connectivity index (χ2n) is 5.07. The van der Waals surface area contributed by atoms with Gasteiger partial charge in [0, 0.05) is 37.4 Å². The zero-order valence-corrected chi connectivity index (χ0v) is 12.1. The minimum Gasteiger partial charge on any atom is -0.380 e. The number of nitrogens with zero attached hydrogens (tertiary/aromatic N) is 3. The number of benzene rings is 1. The number of pyridine rings is 1. The Labute approximate surface area is 129 Å². The second-order valence-corrected chi connectivity index (χ2v) is 5.07. The minimum atomic E-state index is -1.17. The Morgan fingerprint density at radius 1 is 1.05 bits per heavy atom. The fourth-order valence-corrected chi connectivity index (χ4v) is 2.59. The van der Waals surface area contributed by atoms with Gasteiger partial charge >= 0.3 is 0 Å². The number of imidazole rings is 1. The number of aromatic nitrogens is 3. The number of hydrogen-bond acceptors (Lipinski definition) is 3. The van der Waals surface area contributed by atoms with Gasteiger partial charge in [-0.25, -0.2) is 4.98 Å². The van der Waals surface area contributed by atoms with Crippen LogP contribution in [0.3, 0.4) is 0 Å². The van der Waals surface area contributed by atoms with Crippen LogP contribution in [0.5, 0.6) is 0 Å². The van der Waals surface area contributed by atoms with E-state index in [-0.39, 0.29) is 0 Å². The highest BCUT2D eigenvalue weighted by atomic mass is 16.3.